The van der Waals surface area contributed by atoms with E-state index in [9.17, 15) is 18.0 Å². The molecular formula is C12H11F3N4O. The van der Waals surface area contributed by atoms with Crippen LogP contribution in [0.2, 0.25) is 0 Å². The van der Waals surface area contributed by atoms with Gasteiger partial charge in [0.2, 0.25) is 0 Å². The smallest absolute Gasteiger partial charge is 0.384 e. The highest BCUT2D eigenvalue weighted by molar-refractivity contribution is 5.91. The first-order valence-electron chi connectivity index (χ1n) is 5.56. The number of hydrogen-bond donors (Lipinski definition) is 2. The van der Waals surface area contributed by atoms with Crippen molar-refractivity contribution in [1.82, 2.24) is 9.78 Å². The highest BCUT2D eigenvalue weighted by atomic mass is 19.4. The molecule has 1 aromatic carbocycles. The molecule has 2 rings (SSSR count). The Morgan fingerprint density at radius 3 is 2.30 bits per heavy atom. The molecule has 1 aromatic heterocycles. The van der Waals surface area contributed by atoms with Gasteiger partial charge < -0.3 is 11.5 Å². The van der Waals surface area contributed by atoms with E-state index < -0.39 is 17.6 Å². The molecule has 106 valence electrons. The van der Waals surface area contributed by atoms with Gasteiger partial charge in [0, 0.05) is 6.07 Å². The van der Waals surface area contributed by atoms with E-state index in [1.807, 2.05) is 0 Å². The molecule has 0 spiro atoms. The van der Waals surface area contributed by atoms with Crippen LogP contribution < -0.4 is 11.5 Å². The summed E-state index contributed by atoms with van der Waals surface area (Å²) in [4.78, 5) is 10.9. The van der Waals surface area contributed by atoms with Crippen molar-refractivity contribution in [2.24, 2.45) is 5.73 Å². The highest BCUT2D eigenvalue weighted by Crippen LogP contribution is 2.29. The molecule has 0 aliphatic heterocycles. The molecule has 20 heavy (non-hydrogen) atoms. The first-order chi connectivity index (χ1) is 9.27. The van der Waals surface area contributed by atoms with Gasteiger partial charge in [-0.2, -0.15) is 18.3 Å². The molecule has 5 nitrogen and oxygen atoms in total. The average molecular weight is 284 g/mol. The maximum Gasteiger partial charge on any atom is 0.416 e. The summed E-state index contributed by atoms with van der Waals surface area (Å²) in [6.07, 6.45) is -4.37. The molecule has 0 aliphatic rings. The van der Waals surface area contributed by atoms with Crippen molar-refractivity contribution in [2.45, 2.75) is 12.7 Å². The Balaban J connectivity index is 2.20. The van der Waals surface area contributed by atoms with Gasteiger partial charge in [-0.3, -0.25) is 4.79 Å². The molecule has 1 amide bonds. The zero-order valence-corrected chi connectivity index (χ0v) is 10.2. The molecule has 0 aliphatic carbocycles. The van der Waals surface area contributed by atoms with E-state index in [-0.39, 0.29) is 18.1 Å². The van der Waals surface area contributed by atoms with E-state index in [4.69, 9.17) is 11.5 Å². The van der Waals surface area contributed by atoms with Crippen molar-refractivity contribution in [3.63, 3.8) is 0 Å². The monoisotopic (exact) mass is 284 g/mol. The van der Waals surface area contributed by atoms with Gasteiger partial charge in [-0.25, -0.2) is 4.68 Å². The Labute approximate surface area is 112 Å². The number of carbonyl (C=O) groups excluding carboxylic acids is 1. The summed E-state index contributed by atoms with van der Waals surface area (Å²) in [6.45, 7) is 0.150. The van der Waals surface area contributed by atoms with E-state index >= 15 is 0 Å². The van der Waals surface area contributed by atoms with Crippen LogP contribution in [0.25, 0.3) is 0 Å². The number of carbonyl (C=O) groups is 1. The zero-order chi connectivity index (χ0) is 14.9. The van der Waals surface area contributed by atoms with E-state index in [1.54, 1.807) is 0 Å². The van der Waals surface area contributed by atoms with Gasteiger partial charge in [0.25, 0.3) is 5.91 Å². The summed E-state index contributed by atoms with van der Waals surface area (Å²) >= 11 is 0. The SMILES string of the molecule is NC(=O)c1cc(N)n(Cc2ccc(C(F)(F)F)cc2)n1. The lowest BCUT2D eigenvalue weighted by atomic mass is 10.1. The Morgan fingerprint density at radius 1 is 1.25 bits per heavy atom. The first-order valence-corrected chi connectivity index (χ1v) is 5.56. The molecule has 0 radical (unpaired) electrons. The largest absolute Gasteiger partial charge is 0.416 e. The van der Waals surface area contributed by atoms with Gasteiger partial charge in [-0.05, 0) is 17.7 Å². The third-order valence-electron chi connectivity index (χ3n) is 2.68. The Morgan fingerprint density at radius 2 is 1.85 bits per heavy atom. The van der Waals surface area contributed by atoms with Crippen LogP contribution in [0.5, 0.6) is 0 Å². The standard InChI is InChI=1S/C12H11F3N4O/c13-12(14,15)8-3-1-7(2-4-8)6-19-10(16)5-9(18-19)11(17)20/h1-5H,6,16H2,(H2,17,20). The Hall–Kier alpha value is -2.51. The molecule has 0 fully saturated rings. The van der Waals surface area contributed by atoms with Crippen LogP contribution >= 0.6 is 0 Å². The van der Waals surface area contributed by atoms with E-state index in [0.29, 0.717) is 5.56 Å². The molecule has 8 heteroatoms. The molecule has 0 bridgehead atoms. The lowest BCUT2D eigenvalue weighted by Gasteiger charge is -2.08. The number of anilines is 1. The Kier molecular flexibility index (Phi) is 3.39. The lowest BCUT2D eigenvalue weighted by Crippen LogP contribution is -2.13. The quantitative estimate of drug-likeness (QED) is 0.898. The fourth-order valence-electron chi connectivity index (χ4n) is 1.65. The van der Waals surface area contributed by atoms with Crippen LogP contribution in [0.4, 0.5) is 19.0 Å². The van der Waals surface area contributed by atoms with Crippen LogP contribution in [-0.4, -0.2) is 15.7 Å². The van der Waals surface area contributed by atoms with Crippen LogP contribution in [0.1, 0.15) is 21.6 Å². The average Bonchev–Trinajstić information content (AvgIpc) is 2.71. The Bertz CT molecular complexity index is 631. The molecule has 2 aromatic rings. The van der Waals surface area contributed by atoms with Crippen LogP contribution in [0, 0.1) is 0 Å². The maximum absolute atomic E-state index is 12.4. The minimum Gasteiger partial charge on any atom is -0.384 e. The number of rotatable bonds is 3. The topological polar surface area (TPSA) is 86.9 Å². The fraction of sp³-hybridized carbons (Fsp3) is 0.167. The number of aromatic nitrogens is 2. The second-order valence-corrected chi connectivity index (χ2v) is 4.17. The van der Waals surface area contributed by atoms with Crippen molar-refractivity contribution < 1.29 is 18.0 Å². The van der Waals surface area contributed by atoms with Gasteiger partial charge in [-0.1, -0.05) is 12.1 Å². The molecule has 0 unspecified atom stereocenters. The van der Waals surface area contributed by atoms with E-state index in [2.05, 4.69) is 5.10 Å². The first kappa shape index (κ1) is 13.9. The number of benzene rings is 1. The summed E-state index contributed by atoms with van der Waals surface area (Å²) < 4.78 is 38.5. The van der Waals surface area contributed by atoms with Gasteiger partial charge >= 0.3 is 6.18 Å². The number of nitrogen functional groups attached to an aromatic ring is 1. The number of nitrogens with zero attached hydrogens (tertiary/aromatic N) is 2. The molecule has 0 saturated heterocycles. The molecule has 1 heterocycles. The number of primary amides is 1. The number of nitrogens with two attached hydrogens (primary N) is 2. The van der Waals surface area contributed by atoms with E-state index in [1.165, 1.54) is 22.9 Å². The van der Waals surface area contributed by atoms with Crippen molar-refractivity contribution in [3.05, 3.63) is 47.2 Å². The summed E-state index contributed by atoms with van der Waals surface area (Å²) in [6, 6.07) is 5.92. The van der Waals surface area contributed by atoms with Gasteiger partial charge in [0.05, 0.1) is 12.1 Å². The number of hydrogen-bond acceptors (Lipinski definition) is 3. The summed E-state index contributed by atoms with van der Waals surface area (Å²) in [7, 11) is 0. The molecule has 0 atom stereocenters. The zero-order valence-electron chi connectivity index (χ0n) is 10.2. The minimum absolute atomic E-state index is 0.00871. The van der Waals surface area contributed by atoms with Crippen LogP contribution in [0.15, 0.2) is 30.3 Å². The van der Waals surface area contributed by atoms with Crippen molar-refractivity contribution in [2.75, 3.05) is 5.73 Å². The van der Waals surface area contributed by atoms with Crippen molar-refractivity contribution in [3.8, 4) is 0 Å². The second-order valence-electron chi connectivity index (χ2n) is 4.17. The van der Waals surface area contributed by atoms with Crippen LogP contribution in [0.3, 0.4) is 0 Å². The third-order valence-corrected chi connectivity index (χ3v) is 2.68. The van der Waals surface area contributed by atoms with Gasteiger partial charge in [0.1, 0.15) is 5.82 Å². The summed E-state index contributed by atoms with van der Waals surface area (Å²) in [5, 5.41) is 3.87. The maximum atomic E-state index is 12.4. The number of alkyl halides is 3. The predicted molar refractivity (Wildman–Crippen MR) is 65.7 cm³/mol. The van der Waals surface area contributed by atoms with Crippen LogP contribution in [-0.2, 0) is 12.7 Å². The molecule has 0 saturated carbocycles. The predicted octanol–water partition coefficient (Wildman–Crippen LogP) is 1.63. The molecule has 4 N–H and O–H groups in total. The normalized spacial score (nSPS) is 11.6. The van der Waals surface area contributed by atoms with E-state index in [0.717, 1.165) is 12.1 Å². The minimum atomic E-state index is -4.37. The van der Waals surface area contributed by atoms with Crippen molar-refractivity contribution in [1.29, 1.82) is 0 Å². The third kappa shape index (κ3) is 2.90. The highest BCUT2D eigenvalue weighted by Gasteiger charge is 2.29. The second kappa shape index (κ2) is 4.87. The number of amides is 1. The summed E-state index contributed by atoms with van der Waals surface area (Å²) in [5.41, 5.74) is 10.6. The fourth-order valence-corrected chi connectivity index (χ4v) is 1.65. The molecular weight excluding hydrogens is 273 g/mol. The van der Waals surface area contributed by atoms with Crippen molar-refractivity contribution >= 4 is 11.7 Å². The number of halogens is 3. The lowest BCUT2D eigenvalue weighted by molar-refractivity contribution is -0.137. The summed E-state index contributed by atoms with van der Waals surface area (Å²) in [5.74, 6) is -0.512. The van der Waals surface area contributed by atoms with Gasteiger partial charge in [0.15, 0.2) is 5.69 Å². The van der Waals surface area contributed by atoms with Gasteiger partial charge in [-0.15, -0.1) is 0 Å².